The number of carbonyl (C=O) groups is 1. The van der Waals surface area contributed by atoms with Crippen LogP contribution in [0.1, 0.15) is 27.2 Å². The Morgan fingerprint density at radius 1 is 1.17 bits per heavy atom. The summed E-state index contributed by atoms with van der Waals surface area (Å²) in [5, 5.41) is 8.93. The van der Waals surface area contributed by atoms with Crippen LogP contribution in [-0.4, -0.2) is 35.1 Å². The van der Waals surface area contributed by atoms with Gasteiger partial charge in [-0.15, -0.1) is 0 Å². The zero-order valence-corrected chi connectivity index (χ0v) is 16.8. The van der Waals surface area contributed by atoms with Gasteiger partial charge in [0.05, 0.1) is 62.1 Å². The van der Waals surface area contributed by atoms with Crippen molar-refractivity contribution >= 4 is 11.6 Å². The summed E-state index contributed by atoms with van der Waals surface area (Å²) in [6, 6.07) is 7.59. The summed E-state index contributed by atoms with van der Waals surface area (Å²) >= 11 is 0. The third-order valence-corrected chi connectivity index (χ3v) is 4.96. The fourth-order valence-electron chi connectivity index (χ4n) is 3.54. The van der Waals surface area contributed by atoms with Crippen molar-refractivity contribution in [3.63, 3.8) is 0 Å². The van der Waals surface area contributed by atoms with Crippen LogP contribution in [0.4, 0.5) is 5.69 Å². The number of fused-ring (bicyclic) bond motifs is 1. The Hall–Kier alpha value is -3.99. The first-order valence-corrected chi connectivity index (χ1v) is 9.27. The highest BCUT2D eigenvalue weighted by molar-refractivity contribution is 6.10. The molecule has 4 rings (SSSR count). The molecule has 0 spiro atoms. The maximum Gasteiger partial charge on any atom is 0.260 e. The third kappa shape index (κ3) is 3.31. The summed E-state index contributed by atoms with van der Waals surface area (Å²) in [5.74, 6) is 0.779. The summed E-state index contributed by atoms with van der Waals surface area (Å²) in [4.78, 5) is 27.9. The van der Waals surface area contributed by atoms with Crippen molar-refractivity contribution < 1.29 is 14.3 Å². The van der Waals surface area contributed by atoms with Gasteiger partial charge in [-0.25, -0.2) is 4.98 Å². The van der Waals surface area contributed by atoms with Gasteiger partial charge >= 0.3 is 0 Å². The Labute approximate surface area is 173 Å². The second kappa shape index (κ2) is 7.79. The molecule has 0 unspecified atom stereocenters. The van der Waals surface area contributed by atoms with E-state index in [1.165, 1.54) is 7.11 Å². The van der Waals surface area contributed by atoms with Crippen LogP contribution < -0.4 is 14.4 Å². The molecule has 30 heavy (non-hydrogen) atoms. The van der Waals surface area contributed by atoms with E-state index < -0.39 is 0 Å². The summed E-state index contributed by atoms with van der Waals surface area (Å²) in [7, 11) is 3.08. The Bertz CT molecular complexity index is 1190. The number of anilines is 1. The van der Waals surface area contributed by atoms with E-state index in [9.17, 15) is 4.79 Å². The molecule has 3 aromatic heterocycles. The van der Waals surface area contributed by atoms with Gasteiger partial charge < -0.3 is 14.4 Å². The fourth-order valence-corrected chi connectivity index (χ4v) is 3.54. The van der Waals surface area contributed by atoms with Gasteiger partial charge in [0.1, 0.15) is 0 Å². The molecule has 0 radical (unpaired) electrons. The van der Waals surface area contributed by atoms with Gasteiger partial charge in [0, 0.05) is 18.0 Å². The molecule has 1 aliphatic rings. The summed E-state index contributed by atoms with van der Waals surface area (Å²) < 4.78 is 10.5. The lowest BCUT2D eigenvalue weighted by molar-refractivity contribution is 0.0996. The molecule has 0 saturated carbocycles. The Kier molecular flexibility index (Phi) is 5.02. The van der Waals surface area contributed by atoms with Crippen LogP contribution in [0.25, 0.3) is 11.3 Å². The minimum absolute atomic E-state index is 0.122. The second-order valence-corrected chi connectivity index (χ2v) is 6.86. The van der Waals surface area contributed by atoms with Crippen molar-refractivity contribution in [2.75, 3.05) is 19.1 Å². The normalized spacial score (nSPS) is 12.5. The molecule has 0 saturated heterocycles. The van der Waals surface area contributed by atoms with Crippen LogP contribution >= 0.6 is 0 Å². The highest BCUT2D eigenvalue weighted by atomic mass is 16.5. The van der Waals surface area contributed by atoms with E-state index in [2.05, 4.69) is 16.0 Å². The van der Waals surface area contributed by atoms with Gasteiger partial charge in [0.25, 0.3) is 11.8 Å². The molecule has 0 aliphatic carbocycles. The van der Waals surface area contributed by atoms with Crippen LogP contribution in [0.3, 0.4) is 0 Å². The molecule has 0 bridgehead atoms. The number of carbonyl (C=O) groups excluding carboxylic acids is 1. The largest absolute Gasteiger partial charge is 0.491 e. The summed E-state index contributed by atoms with van der Waals surface area (Å²) in [6.45, 7) is 2.23. The minimum atomic E-state index is -0.122. The molecule has 3 aromatic rings. The number of aryl methyl sites for hydroxylation is 1. The van der Waals surface area contributed by atoms with Gasteiger partial charge in [-0.3, -0.25) is 14.8 Å². The maximum atomic E-state index is 13.1. The van der Waals surface area contributed by atoms with Gasteiger partial charge in [-0.2, -0.15) is 5.26 Å². The number of rotatable bonds is 5. The van der Waals surface area contributed by atoms with Crippen molar-refractivity contribution in [2.45, 2.75) is 19.9 Å². The van der Waals surface area contributed by atoms with E-state index >= 15 is 0 Å². The third-order valence-electron chi connectivity index (χ3n) is 4.96. The highest BCUT2D eigenvalue weighted by Crippen LogP contribution is 2.34. The van der Waals surface area contributed by atoms with Crippen LogP contribution in [0.2, 0.25) is 0 Å². The van der Waals surface area contributed by atoms with E-state index in [4.69, 9.17) is 19.7 Å². The standard InChI is InChI=1S/C22H19N5O3/c1-13-6-17(15-8-19(29-2)21(30-3)25-10-15)26-18-12-27(22(28)20(13)18)16-7-14(4-5-23)9-24-11-16/h6-11H,4,12H2,1-3H3. The minimum Gasteiger partial charge on any atom is -0.491 e. The zero-order valence-electron chi connectivity index (χ0n) is 16.8. The first kappa shape index (κ1) is 19.3. The fraction of sp³-hybridized carbons (Fsp3) is 0.227. The van der Waals surface area contributed by atoms with Crippen LogP contribution in [-0.2, 0) is 13.0 Å². The maximum absolute atomic E-state index is 13.1. The van der Waals surface area contributed by atoms with Crippen molar-refractivity contribution in [3.05, 3.63) is 59.2 Å². The Morgan fingerprint density at radius 2 is 2.00 bits per heavy atom. The SMILES string of the molecule is COc1cc(-c2cc(C)c3c(n2)CN(c2cncc(CC#N)c2)C3=O)cnc1OC. The van der Waals surface area contributed by atoms with Crippen molar-refractivity contribution in [1.82, 2.24) is 15.0 Å². The number of methoxy groups -OCH3 is 2. The predicted molar refractivity (Wildman–Crippen MR) is 109 cm³/mol. The number of aromatic nitrogens is 3. The Balaban J connectivity index is 1.71. The van der Waals surface area contributed by atoms with E-state index in [1.54, 1.807) is 30.6 Å². The average molecular weight is 401 g/mol. The lowest BCUT2D eigenvalue weighted by Gasteiger charge is -2.15. The molecule has 8 nitrogen and oxygen atoms in total. The molecule has 1 amide bonds. The topological polar surface area (TPSA) is 101 Å². The number of pyridine rings is 3. The number of amides is 1. The number of hydrogen-bond acceptors (Lipinski definition) is 7. The molecular formula is C22H19N5O3. The molecule has 4 heterocycles. The lowest BCUT2D eigenvalue weighted by Crippen LogP contribution is -2.23. The molecule has 8 heteroatoms. The zero-order chi connectivity index (χ0) is 21.3. The van der Waals surface area contributed by atoms with Crippen LogP contribution in [0.15, 0.2) is 36.8 Å². The van der Waals surface area contributed by atoms with Gasteiger partial charge in [0.2, 0.25) is 0 Å². The van der Waals surface area contributed by atoms with E-state index in [-0.39, 0.29) is 12.3 Å². The number of ether oxygens (including phenoxy) is 2. The first-order valence-electron chi connectivity index (χ1n) is 9.27. The monoisotopic (exact) mass is 401 g/mol. The van der Waals surface area contributed by atoms with Crippen LogP contribution in [0.5, 0.6) is 11.6 Å². The van der Waals surface area contributed by atoms with Gasteiger partial charge in [-0.1, -0.05) is 0 Å². The predicted octanol–water partition coefficient (Wildman–Crippen LogP) is 3.09. The summed E-state index contributed by atoms with van der Waals surface area (Å²) in [5.41, 5.74) is 5.00. The van der Waals surface area contributed by atoms with Gasteiger partial charge in [-0.05, 0) is 36.2 Å². The van der Waals surface area contributed by atoms with Crippen molar-refractivity contribution in [1.29, 1.82) is 5.26 Å². The molecule has 0 aromatic carbocycles. The second-order valence-electron chi connectivity index (χ2n) is 6.86. The van der Waals surface area contributed by atoms with Crippen molar-refractivity contribution in [3.8, 4) is 29.0 Å². The van der Waals surface area contributed by atoms with Crippen LogP contribution in [0, 0.1) is 18.3 Å². The molecule has 0 fully saturated rings. The molecule has 1 aliphatic heterocycles. The quantitative estimate of drug-likeness (QED) is 0.647. The lowest BCUT2D eigenvalue weighted by atomic mass is 10.0. The molecule has 150 valence electrons. The number of nitrogens with zero attached hydrogens (tertiary/aromatic N) is 5. The molecule has 0 atom stereocenters. The number of hydrogen-bond donors (Lipinski definition) is 0. The van der Waals surface area contributed by atoms with E-state index in [0.29, 0.717) is 40.8 Å². The summed E-state index contributed by atoms with van der Waals surface area (Å²) in [6.07, 6.45) is 5.16. The van der Waals surface area contributed by atoms with Gasteiger partial charge in [0.15, 0.2) is 5.75 Å². The average Bonchev–Trinajstić information content (AvgIpc) is 3.10. The van der Waals surface area contributed by atoms with E-state index in [1.807, 2.05) is 25.1 Å². The first-order chi connectivity index (χ1) is 14.5. The Morgan fingerprint density at radius 3 is 2.73 bits per heavy atom. The van der Waals surface area contributed by atoms with E-state index in [0.717, 1.165) is 16.7 Å². The highest BCUT2D eigenvalue weighted by Gasteiger charge is 2.32. The number of nitriles is 1. The molecule has 0 N–H and O–H groups in total. The smallest absolute Gasteiger partial charge is 0.260 e. The molecular weight excluding hydrogens is 382 g/mol. The van der Waals surface area contributed by atoms with Crippen molar-refractivity contribution in [2.24, 2.45) is 0 Å².